The third-order valence-electron chi connectivity index (χ3n) is 4.09. The summed E-state index contributed by atoms with van der Waals surface area (Å²) in [5.41, 5.74) is 0.865. The van der Waals surface area contributed by atoms with Crippen LogP contribution in [-0.2, 0) is 25.6 Å². The largest absolute Gasteiger partial charge is 0.497 e. The molecule has 1 aliphatic heterocycles. The molecule has 2 atom stereocenters. The molecule has 1 aliphatic rings. The van der Waals surface area contributed by atoms with Crippen molar-refractivity contribution < 1.29 is 26.9 Å². The SMILES string of the molecule is COc1ccc(CN2CC(C(C)OS(C)(=O)=O)CC2=O)c(OC)c1. The quantitative estimate of drug-likeness (QED) is 0.687. The highest BCUT2D eigenvalue weighted by molar-refractivity contribution is 7.86. The number of carbonyl (C=O) groups excluding carboxylic acids is 1. The van der Waals surface area contributed by atoms with E-state index in [-0.39, 0.29) is 18.2 Å². The van der Waals surface area contributed by atoms with Crippen LogP contribution in [0, 0.1) is 5.92 Å². The van der Waals surface area contributed by atoms with Crippen molar-refractivity contribution in [3.8, 4) is 11.5 Å². The lowest BCUT2D eigenvalue weighted by atomic mass is 10.0. The Bertz CT molecular complexity index is 703. The van der Waals surface area contributed by atoms with Gasteiger partial charge >= 0.3 is 0 Å². The van der Waals surface area contributed by atoms with Gasteiger partial charge < -0.3 is 14.4 Å². The van der Waals surface area contributed by atoms with Gasteiger partial charge in [0.15, 0.2) is 0 Å². The third kappa shape index (κ3) is 4.61. The predicted molar refractivity (Wildman–Crippen MR) is 88.5 cm³/mol. The molecule has 1 heterocycles. The molecule has 24 heavy (non-hydrogen) atoms. The second-order valence-corrected chi connectivity index (χ2v) is 7.52. The summed E-state index contributed by atoms with van der Waals surface area (Å²) < 4.78 is 38.0. The Hall–Kier alpha value is -1.80. The van der Waals surface area contributed by atoms with E-state index in [1.807, 2.05) is 12.1 Å². The van der Waals surface area contributed by atoms with Crippen LogP contribution in [0.15, 0.2) is 18.2 Å². The van der Waals surface area contributed by atoms with Gasteiger partial charge in [0, 0.05) is 37.1 Å². The van der Waals surface area contributed by atoms with Crippen molar-refractivity contribution in [2.24, 2.45) is 5.92 Å². The molecule has 2 rings (SSSR count). The first-order valence-electron chi connectivity index (χ1n) is 7.60. The Morgan fingerprint density at radius 1 is 1.29 bits per heavy atom. The van der Waals surface area contributed by atoms with Crippen LogP contribution < -0.4 is 9.47 Å². The predicted octanol–water partition coefficient (Wildman–Crippen LogP) is 1.42. The van der Waals surface area contributed by atoms with Crippen LogP contribution in [0.1, 0.15) is 18.9 Å². The summed E-state index contributed by atoms with van der Waals surface area (Å²) >= 11 is 0. The number of methoxy groups -OCH3 is 2. The number of hydrogen-bond acceptors (Lipinski definition) is 6. The Labute approximate surface area is 142 Å². The molecule has 1 fully saturated rings. The maximum Gasteiger partial charge on any atom is 0.264 e. The summed E-state index contributed by atoms with van der Waals surface area (Å²) in [7, 11) is -0.397. The summed E-state index contributed by atoms with van der Waals surface area (Å²) in [5.74, 6) is 1.14. The highest BCUT2D eigenvalue weighted by Gasteiger charge is 2.35. The van der Waals surface area contributed by atoms with Crippen molar-refractivity contribution in [1.29, 1.82) is 0 Å². The van der Waals surface area contributed by atoms with Crippen LogP contribution in [0.4, 0.5) is 0 Å². The van der Waals surface area contributed by atoms with Gasteiger partial charge in [-0.25, -0.2) is 0 Å². The smallest absolute Gasteiger partial charge is 0.264 e. The molecule has 0 aromatic heterocycles. The van der Waals surface area contributed by atoms with E-state index in [1.165, 1.54) is 0 Å². The van der Waals surface area contributed by atoms with E-state index in [1.54, 1.807) is 32.1 Å². The van der Waals surface area contributed by atoms with Crippen molar-refractivity contribution in [2.45, 2.75) is 26.0 Å². The lowest BCUT2D eigenvalue weighted by Crippen LogP contribution is -2.28. The van der Waals surface area contributed by atoms with Crippen LogP contribution in [0.2, 0.25) is 0 Å². The summed E-state index contributed by atoms with van der Waals surface area (Å²) in [6, 6.07) is 5.43. The molecular formula is C16H23NO6S. The number of nitrogens with zero attached hydrogens (tertiary/aromatic N) is 1. The van der Waals surface area contributed by atoms with Gasteiger partial charge in [-0.2, -0.15) is 8.42 Å². The Balaban J connectivity index is 2.07. The van der Waals surface area contributed by atoms with Crippen LogP contribution >= 0.6 is 0 Å². The van der Waals surface area contributed by atoms with Gasteiger partial charge in [-0.15, -0.1) is 0 Å². The molecule has 0 N–H and O–H groups in total. The maximum atomic E-state index is 12.2. The molecule has 0 saturated carbocycles. The average Bonchev–Trinajstić information content (AvgIpc) is 2.87. The fourth-order valence-electron chi connectivity index (χ4n) is 2.81. The van der Waals surface area contributed by atoms with Crippen LogP contribution in [0.5, 0.6) is 11.5 Å². The molecule has 134 valence electrons. The van der Waals surface area contributed by atoms with E-state index in [9.17, 15) is 13.2 Å². The highest BCUT2D eigenvalue weighted by atomic mass is 32.2. The summed E-state index contributed by atoms with van der Waals surface area (Å²) in [6.07, 6.45) is 0.752. The number of carbonyl (C=O) groups is 1. The normalized spacial score (nSPS) is 19.4. The fourth-order valence-corrected chi connectivity index (χ4v) is 3.52. The first-order chi connectivity index (χ1) is 11.2. The first kappa shape index (κ1) is 18.5. The number of likely N-dealkylation sites (tertiary alicyclic amines) is 1. The number of ether oxygens (including phenoxy) is 2. The number of rotatable bonds is 7. The molecule has 0 aliphatic carbocycles. The molecule has 2 unspecified atom stereocenters. The molecular weight excluding hydrogens is 334 g/mol. The Kier molecular flexibility index (Phi) is 5.71. The number of amides is 1. The second-order valence-electron chi connectivity index (χ2n) is 5.92. The average molecular weight is 357 g/mol. The molecule has 1 aromatic carbocycles. The van der Waals surface area contributed by atoms with Crippen molar-refractivity contribution in [2.75, 3.05) is 27.0 Å². The summed E-state index contributed by atoms with van der Waals surface area (Å²) in [4.78, 5) is 13.9. The minimum atomic E-state index is -3.54. The van der Waals surface area contributed by atoms with Crippen LogP contribution in [-0.4, -0.2) is 52.3 Å². The monoisotopic (exact) mass is 357 g/mol. The molecule has 1 amide bonds. The van der Waals surface area contributed by atoms with Gasteiger partial charge in [0.2, 0.25) is 5.91 Å². The molecule has 1 aromatic rings. The van der Waals surface area contributed by atoms with Crippen molar-refractivity contribution >= 4 is 16.0 Å². The minimum Gasteiger partial charge on any atom is -0.497 e. The molecule has 7 nitrogen and oxygen atoms in total. The minimum absolute atomic E-state index is 0.0261. The van der Waals surface area contributed by atoms with Gasteiger partial charge in [-0.3, -0.25) is 8.98 Å². The van der Waals surface area contributed by atoms with Crippen LogP contribution in [0.3, 0.4) is 0 Å². The topological polar surface area (TPSA) is 82.1 Å². The number of hydrogen-bond donors (Lipinski definition) is 0. The highest BCUT2D eigenvalue weighted by Crippen LogP contribution is 2.29. The lowest BCUT2D eigenvalue weighted by molar-refractivity contribution is -0.128. The van der Waals surface area contributed by atoms with E-state index in [4.69, 9.17) is 13.7 Å². The Morgan fingerprint density at radius 3 is 2.58 bits per heavy atom. The van der Waals surface area contributed by atoms with Crippen LogP contribution in [0.25, 0.3) is 0 Å². The van der Waals surface area contributed by atoms with E-state index >= 15 is 0 Å². The molecule has 1 saturated heterocycles. The zero-order valence-corrected chi connectivity index (χ0v) is 15.1. The zero-order valence-electron chi connectivity index (χ0n) is 14.3. The molecule has 0 radical (unpaired) electrons. The van der Waals surface area contributed by atoms with Crippen molar-refractivity contribution in [3.05, 3.63) is 23.8 Å². The second kappa shape index (κ2) is 7.40. The zero-order chi connectivity index (χ0) is 17.9. The Morgan fingerprint density at radius 2 is 2.00 bits per heavy atom. The van der Waals surface area contributed by atoms with E-state index in [0.29, 0.717) is 24.6 Å². The van der Waals surface area contributed by atoms with Crippen molar-refractivity contribution in [3.63, 3.8) is 0 Å². The van der Waals surface area contributed by atoms with E-state index < -0.39 is 16.2 Å². The van der Waals surface area contributed by atoms with E-state index in [0.717, 1.165) is 11.8 Å². The van der Waals surface area contributed by atoms with Gasteiger partial charge in [0.25, 0.3) is 10.1 Å². The third-order valence-corrected chi connectivity index (χ3v) is 4.74. The van der Waals surface area contributed by atoms with Gasteiger partial charge in [-0.05, 0) is 19.1 Å². The molecule has 0 bridgehead atoms. The van der Waals surface area contributed by atoms with Gasteiger partial charge in [-0.1, -0.05) is 0 Å². The maximum absolute atomic E-state index is 12.2. The lowest BCUT2D eigenvalue weighted by Gasteiger charge is -2.21. The summed E-state index contributed by atoms with van der Waals surface area (Å²) in [5, 5.41) is 0. The van der Waals surface area contributed by atoms with Crippen molar-refractivity contribution in [1.82, 2.24) is 4.90 Å². The van der Waals surface area contributed by atoms with Gasteiger partial charge in [0.1, 0.15) is 11.5 Å². The van der Waals surface area contributed by atoms with E-state index in [2.05, 4.69) is 0 Å². The summed E-state index contributed by atoms with van der Waals surface area (Å²) in [6.45, 7) is 2.52. The number of benzene rings is 1. The first-order valence-corrected chi connectivity index (χ1v) is 9.42. The standard InChI is InChI=1S/C16H23NO6S/c1-11(23-24(4,19)20)13-7-16(18)17(10-13)9-12-5-6-14(21-2)8-15(12)22-3/h5-6,8,11,13H,7,9-10H2,1-4H3. The molecule has 8 heteroatoms. The van der Waals surface area contributed by atoms with Gasteiger partial charge in [0.05, 0.1) is 26.6 Å². The fraction of sp³-hybridized carbons (Fsp3) is 0.562. The molecule has 0 spiro atoms.